The highest BCUT2D eigenvalue weighted by atomic mass is 16.3. The van der Waals surface area contributed by atoms with Crippen molar-refractivity contribution in [2.75, 3.05) is 0 Å². The number of nitrogens with one attached hydrogen (secondary N) is 2. The Kier molecular flexibility index (Phi) is 8.39. The van der Waals surface area contributed by atoms with Crippen LogP contribution in [0.2, 0.25) is 0 Å². The molecule has 4 aromatic carbocycles. The summed E-state index contributed by atoms with van der Waals surface area (Å²) in [5, 5.41) is 29.0. The molecule has 0 atom stereocenters. The van der Waals surface area contributed by atoms with Gasteiger partial charge in [0.25, 0.3) is 11.1 Å². The standard InChI is InChI=1S/C48H34N8O4/c1-29-27-49-25-23-35(29)41-37-38(44(51-41)40-47(59)55(33-19-11-5-12-20-33)56(48(40)60)34-21-13-6-14-22-34)42(36-24-26-50-28-30(36)2)52-43(37)39-45(57)53(31-15-7-3-8-16-31)54(46(39)58)32-17-9-4-10-18-32/h3-28,51-52,57,59H,1-2H2/b41-35+,42-36+. The Labute approximate surface area is 339 Å². The Morgan fingerprint density at radius 1 is 0.450 bits per heavy atom. The molecule has 0 aliphatic carbocycles. The lowest BCUT2D eigenvalue weighted by Gasteiger charge is -2.12. The van der Waals surface area contributed by atoms with Gasteiger partial charge >= 0.3 is 0 Å². The number of aromatic amines is 2. The number of benzene rings is 4. The first kappa shape index (κ1) is 35.8. The molecule has 0 bridgehead atoms. The van der Waals surface area contributed by atoms with Crippen molar-refractivity contribution < 1.29 is 10.2 Å². The SMILES string of the molecule is C=c1cncc/c1=c1\[nH]c(-c2c(O)n(-c3ccccc3)n(-c3ccccc3)c2=O)c2/c(=c3/ccncc3=C)[nH]c(-c3c(O)n(-c4ccccc4)n(-c4ccccc4)c3=O)c12. The summed E-state index contributed by atoms with van der Waals surface area (Å²) in [5.41, 5.74) is 1.47. The number of hydrogen-bond acceptors (Lipinski definition) is 6. The van der Waals surface area contributed by atoms with Gasteiger partial charge in [-0.15, -0.1) is 0 Å². The van der Waals surface area contributed by atoms with Gasteiger partial charge in [-0.3, -0.25) is 19.6 Å². The van der Waals surface area contributed by atoms with Crippen LogP contribution < -0.4 is 21.6 Å². The third-order valence-corrected chi connectivity index (χ3v) is 10.7. The number of nitrogens with zero attached hydrogens (tertiary/aromatic N) is 6. The summed E-state index contributed by atoms with van der Waals surface area (Å²) in [6.45, 7) is 8.57. The van der Waals surface area contributed by atoms with E-state index in [0.29, 0.717) is 65.1 Å². The first-order valence-electron chi connectivity index (χ1n) is 19.0. The summed E-state index contributed by atoms with van der Waals surface area (Å²) < 4.78 is 5.77. The molecule has 0 saturated carbocycles. The minimum atomic E-state index is -0.524. The van der Waals surface area contributed by atoms with E-state index in [1.54, 1.807) is 85.5 Å². The van der Waals surface area contributed by atoms with Crippen LogP contribution >= 0.6 is 0 Å². The van der Waals surface area contributed by atoms with Gasteiger partial charge in [0, 0.05) is 46.0 Å². The van der Waals surface area contributed by atoms with Crippen LogP contribution in [0.15, 0.2) is 168 Å². The third kappa shape index (κ3) is 5.46. The van der Waals surface area contributed by atoms with E-state index in [1.807, 2.05) is 72.8 Å². The molecule has 0 spiro atoms. The van der Waals surface area contributed by atoms with Crippen LogP contribution in [0.1, 0.15) is 0 Å². The highest BCUT2D eigenvalue weighted by Crippen LogP contribution is 2.41. The Morgan fingerprint density at radius 2 is 0.767 bits per heavy atom. The molecule has 12 heteroatoms. The second kappa shape index (κ2) is 14.1. The number of aromatic hydroxyl groups is 2. The largest absolute Gasteiger partial charge is 0.493 e. The predicted molar refractivity (Wildman–Crippen MR) is 231 cm³/mol. The van der Waals surface area contributed by atoms with Crippen LogP contribution in [-0.4, -0.2) is 48.9 Å². The van der Waals surface area contributed by atoms with E-state index in [2.05, 4.69) is 33.1 Å². The van der Waals surface area contributed by atoms with Crippen molar-refractivity contribution in [2.24, 2.45) is 0 Å². The fraction of sp³-hybridized carbons (Fsp3) is 0. The maximum Gasteiger partial charge on any atom is 0.285 e. The van der Waals surface area contributed by atoms with Crippen LogP contribution in [0.25, 0.3) is 69.2 Å². The number of hydrogen-bond donors (Lipinski definition) is 4. The average molecular weight is 787 g/mol. The zero-order chi connectivity index (χ0) is 41.1. The van der Waals surface area contributed by atoms with Gasteiger partial charge in [-0.2, -0.15) is 0 Å². The van der Waals surface area contributed by atoms with Crippen molar-refractivity contribution in [3.63, 3.8) is 0 Å². The first-order chi connectivity index (χ1) is 29.3. The van der Waals surface area contributed by atoms with E-state index < -0.39 is 11.1 Å². The lowest BCUT2D eigenvalue weighted by molar-refractivity contribution is 0.426. The summed E-state index contributed by atoms with van der Waals surface area (Å²) >= 11 is 0. The minimum absolute atomic E-state index is 0.0436. The fourth-order valence-electron chi connectivity index (χ4n) is 8.01. The molecule has 4 N–H and O–H groups in total. The van der Waals surface area contributed by atoms with Crippen LogP contribution in [0.3, 0.4) is 0 Å². The van der Waals surface area contributed by atoms with Gasteiger partial charge in [0.15, 0.2) is 0 Å². The molecule has 6 heterocycles. The molecule has 10 rings (SSSR count). The molecule has 0 saturated heterocycles. The normalized spacial score (nSPS) is 12.6. The molecule has 10 aromatic rings. The predicted octanol–water partition coefficient (Wildman–Crippen LogP) is 6.31. The summed E-state index contributed by atoms with van der Waals surface area (Å²) in [7, 11) is 0. The third-order valence-electron chi connectivity index (χ3n) is 10.7. The maximum atomic E-state index is 15.1. The van der Waals surface area contributed by atoms with Gasteiger partial charge < -0.3 is 20.2 Å². The summed E-state index contributed by atoms with van der Waals surface area (Å²) in [6.07, 6.45) is 6.47. The van der Waals surface area contributed by atoms with Crippen molar-refractivity contribution >= 4 is 23.9 Å². The second-order valence-corrected chi connectivity index (χ2v) is 14.2. The molecule has 0 aliphatic heterocycles. The number of aromatic nitrogens is 8. The highest BCUT2D eigenvalue weighted by Gasteiger charge is 2.31. The van der Waals surface area contributed by atoms with Crippen molar-refractivity contribution in [2.45, 2.75) is 0 Å². The Morgan fingerprint density at radius 3 is 1.08 bits per heavy atom. The van der Waals surface area contributed by atoms with Crippen LogP contribution in [0.4, 0.5) is 0 Å². The number of fused-ring (bicyclic) bond motifs is 1. The van der Waals surface area contributed by atoms with E-state index >= 15 is 9.59 Å². The van der Waals surface area contributed by atoms with Gasteiger partial charge in [0.1, 0.15) is 11.1 Å². The van der Waals surface area contributed by atoms with E-state index in [1.165, 1.54) is 18.7 Å². The van der Waals surface area contributed by atoms with Crippen molar-refractivity contribution in [1.82, 2.24) is 38.7 Å². The van der Waals surface area contributed by atoms with Crippen LogP contribution in [0, 0.1) is 21.1 Å². The van der Waals surface area contributed by atoms with E-state index in [-0.39, 0.29) is 34.3 Å². The summed E-state index contributed by atoms with van der Waals surface area (Å²) in [6, 6.07) is 39.9. The topological polar surface area (TPSA) is 152 Å². The molecule has 290 valence electrons. The molecular formula is C48H34N8O4. The second-order valence-electron chi connectivity index (χ2n) is 14.2. The van der Waals surface area contributed by atoms with E-state index in [0.717, 1.165) is 0 Å². The smallest absolute Gasteiger partial charge is 0.285 e. The zero-order valence-electron chi connectivity index (χ0n) is 31.8. The molecule has 12 nitrogen and oxygen atoms in total. The Bertz CT molecular complexity index is 3460. The van der Waals surface area contributed by atoms with Crippen molar-refractivity contribution in [1.29, 1.82) is 0 Å². The molecule has 60 heavy (non-hydrogen) atoms. The molecule has 0 fully saturated rings. The fourth-order valence-corrected chi connectivity index (χ4v) is 8.01. The molecule has 6 aromatic heterocycles. The lowest BCUT2D eigenvalue weighted by atomic mass is 10.1. The lowest BCUT2D eigenvalue weighted by Crippen LogP contribution is -2.20. The monoisotopic (exact) mass is 786 g/mol. The zero-order valence-corrected chi connectivity index (χ0v) is 31.8. The van der Waals surface area contributed by atoms with Gasteiger partial charge in [-0.1, -0.05) is 86.0 Å². The van der Waals surface area contributed by atoms with Gasteiger partial charge in [0.2, 0.25) is 11.8 Å². The van der Waals surface area contributed by atoms with Crippen LogP contribution in [0.5, 0.6) is 11.8 Å². The van der Waals surface area contributed by atoms with Crippen LogP contribution in [-0.2, 0) is 0 Å². The number of rotatable bonds is 6. The first-order valence-corrected chi connectivity index (χ1v) is 19.0. The quantitative estimate of drug-likeness (QED) is 0.155. The van der Waals surface area contributed by atoms with Gasteiger partial charge in [-0.25, -0.2) is 18.7 Å². The highest BCUT2D eigenvalue weighted by molar-refractivity contribution is 6.05. The van der Waals surface area contributed by atoms with Crippen molar-refractivity contribution in [3.8, 4) is 57.0 Å². The maximum absolute atomic E-state index is 15.1. The molecule has 0 radical (unpaired) electrons. The Hall–Kier alpha value is -8.64. The van der Waals surface area contributed by atoms with Gasteiger partial charge in [0.05, 0.1) is 44.8 Å². The molecule has 0 unspecified atom stereocenters. The molecule has 0 aliphatic rings. The van der Waals surface area contributed by atoms with E-state index in [4.69, 9.17) is 0 Å². The summed E-state index contributed by atoms with van der Waals surface area (Å²) in [5.74, 6) is -0.672. The average Bonchev–Trinajstić information content (AvgIpc) is 3.99. The van der Waals surface area contributed by atoms with Gasteiger partial charge in [-0.05, 0) is 71.1 Å². The van der Waals surface area contributed by atoms with Crippen molar-refractivity contribution in [3.05, 3.63) is 211 Å². The summed E-state index contributed by atoms with van der Waals surface area (Å²) in [4.78, 5) is 45.9. The number of para-hydroxylation sites is 4. The number of H-pyrrole nitrogens is 2. The molecular weight excluding hydrogens is 753 g/mol. The Balaban J connectivity index is 1.45. The number of pyridine rings is 2. The van der Waals surface area contributed by atoms with E-state index in [9.17, 15) is 10.2 Å². The minimum Gasteiger partial charge on any atom is -0.493 e. The molecule has 0 amide bonds.